The lowest BCUT2D eigenvalue weighted by molar-refractivity contribution is 0.235. The first-order chi connectivity index (χ1) is 9.06. The van der Waals surface area contributed by atoms with Gasteiger partial charge in [0.05, 0.1) is 6.04 Å². The van der Waals surface area contributed by atoms with Gasteiger partial charge in [-0.2, -0.15) is 0 Å². The van der Waals surface area contributed by atoms with E-state index in [9.17, 15) is 0 Å². The standard InChI is InChI=1S/C15H18Br2N2/c1-18(2)11-15(12-4-3-5-14(17)10-12)19-8-6-13(16)7-9-19/h3-8,10,15H,9,11H2,1-2H3. The van der Waals surface area contributed by atoms with Gasteiger partial charge in [-0.3, -0.25) is 0 Å². The minimum absolute atomic E-state index is 0.362. The molecule has 1 aliphatic rings. The van der Waals surface area contributed by atoms with Gasteiger partial charge >= 0.3 is 0 Å². The minimum atomic E-state index is 0.362. The highest BCUT2D eigenvalue weighted by Crippen LogP contribution is 2.27. The van der Waals surface area contributed by atoms with Crippen LogP contribution in [0.15, 0.2) is 51.6 Å². The van der Waals surface area contributed by atoms with Crippen LogP contribution < -0.4 is 0 Å². The molecule has 0 aliphatic carbocycles. The highest BCUT2D eigenvalue weighted by Gasteiger charge is 2.19. The number of likely N-dealkylation sites (N-methyl/N-ethyl adjacent to an activating group) is 1. The SMILES string of the molecule is CN(C)CC(c1cccc(Br)c1)N1C=CC(Br)=CC1. The molecule has 0 amide bonds. The monoisotopic (exact) mass is 384 g/mol. The van der Waals surface area contributed by atoms with Crippen molar-refractivity contribution in [3.05, 3.63) is 57.1 Å². The van der Waals surface area contributed by atoms with Crippen molar-refractivity contribution in [3.8, 4) is 0 Å². The third-order valence-electron chi connectivity index (χ3n) is 3.09. The smallest absolute Gasteiger partial charge is 0.0667 e. The molecule has 0 radical (unpaired) electrons. The van der Waals surface area contributed by atoms with Crippen LogP contribution in [0.4, 0.5) is 0 Å². The molecule has 0 spiro atoms. The molecule has 19 heavy (non-hydrogen) atoms. The fourth-order valence-corrected chi connectivity index (χ4v) is 2.86. The molecular weight excluding hydrogens is 368 g/mol. The van der Waals surface area contributed by atoms with Crippen molar-refractivity contribution in [3.63, 3.8) is 0 Å². The molecule has 1 heterocycles. The number of nitrogens with zero attached hydrogens (tertiary/aromatic N) is 2. The Morgan fingerprint density at radius 3 is 2.68 bits per heavy atom. The summed E-state index contributed by atoms with van der Waals surface area (Å²) in [4.78, 5) is 4.60. The Kier molecular flexibility index (Phi) is 5.25. The minimum Gasteiger partial charge on any atom is -0.365 e. The fraction of sp³-hybridized carbons (Fsp3) is 0.333. The van der Waals surface area contributed by atoms with Crippen LogP contribution in [-0.2, 0) is 0 Å². The third kappa shape index (κ3) is 4.20. The Morgan fingerprint density at radius 2 is 2.11 bits per heavy atom. The number of rotatable bonds is 4. The fourth-order valence-electron chi connectivity index (χ4n) is 2.18. The molecule has 1 aromatic rings. The average molecular weight is 386 g/mol. The lowest BCUT2D eigenvalue weighted by Crippen LogP contribution is -2.33. The summed E-state index contributed by atoms with van der Waals surface area (Å²) in [6, 6.07) is 8.93. The van der Waals surface area contributed by atoms with E-state index in [0.717, 1.165) is 22.0 Å². The molecule has 0 saturated heterocycles. The molecule has 1 aromatic carbocycles. The molecular formula is C15H18Br2N2. The summed E-state index contributed by atoms with van der Waals surface area (Å²) >= 11 is 7.07. The van der Waals surface area contributed by atoms with Crippen LogP contribution in [0.3, 0.4) is 0 Å². The van der Waals surface area contributed by atoms with E-state index < -0.39 is 0 Å². The summed E-state index contributed by atoms with van der Waals surface area (Å²) in [6.45, 7) is 1.92. The maximum Gasteiger partial charge on any atom is 0.0667 e. The van der Waals surface area contributed by atoms with Crippen LogP contribution in [0.5, 0.6) is 0 Å². The van der Waals surface area contributed by atoms with E-state index in [2.05, 4.69) is 98.4 Å². The van der Waals surface area contributed by atoms with Crippen LogP contribution in [0.25, 0.3) is 0 Å². The molecule has 1 aliphatic heterocycles. The maximum atomic E-state index is 3.56. The summed E-state index contributed by atoms with van der Waals surface area (Å²) in [5.74, 6) is 0. The van der Waals surface area contributed by atoms with Crippen molar-refractivity contribution in [2.24, 2.45) is 0 Å². The van der Waals surface area contributed by atoms with Crippen molar-refractivity contribution in [2.75, 3.05) is 27.2 Å². The summed E-state index contributed by atoms with van der Waals surface area (Å²) in [6.07, 6.45) is 6.46. The summed E-state index contributed by atoms with van der Waals surface area (Å²) in [5, 5.41) is 0. The van der Waals surface area contributed by atoms with Crippen molar-refractivity contribution in [1.82, 2.24) is 9.80 Å². The van der Waals surface area contributed by atoms with Crippen molar-refractivity contribution in [2.45, 2.75) is 6.04 Å². The van der Waals surface area contributed by atoms with Gasteiger partial charge in [0.1, 0.15) is 0 Å². The summed E-state index contributed by atoms with van der Waals surface area (Å²) in [7, 11) is 4.23. The van der Waals surface area contributed by atoms with Crippen molar-refractivity contribution in [1.29, 1.82) is 0 Å². The lowest BCUT2D eigenvalue weighted by atomic mass is 10.0. The maximum absolute atomic E-state index is 3.56. The van der Waals surface area contributed by atoms with E-state index in [4.69, 9.17) is 0 Å². The van der Waals surface area contributed by atoms with E-state index in [0.29, 0.717) is 6.04 Å². The van der Waals surface area contributed by atoms with Crippen LogP contribution in [0.2, 0.25) is 0 Å². The predicted octanol–water partition coefficient (Wildman–Crippen LogP) is 4.16. The van der Waals surface area contributed by atoms with Crippen LogP contribution in [0, 0.1) is 0 Å². The van der Waals surface area contributed by atoms with Gasteiger partial charge in [-0.1, -0.05) is 50.1 Å². The zero-order chi connectivity index (χ0) is 13.8. The third-order valence-corrected chi connectivity index (χ3v) is 4.18. The van der Waals surface area contributed by atoms with E-state index in [-0.39, 0.29) is 0 Å². The highest BCUT2D eigenvalue weighted by molar-refractivity contribution is 9.12. The van der Waals surface area contributed by atoms with E-state index in [1.165, 1.54) is 5.56 Å². The zero-order valence-corrected chi connectivity index (χ0v) is 14.4. The van der Waals surface area contributed by atoms with Gasteiger partial charge in [0.2, 0.25) is 0 Å². The van der Waals surface area contributed by atoms with Crippen LogP contribution in [-0.4, -0.2) is 37.0 Å². The van der Waals surface area contributed by atoms with Gasteiger partial charge in [-0.25, -0.2) is 0 Å². The topological polar surface area (TPSA) is 6.48 Å². The second-order valence-electron chi connectivity index (χ2n) is 4.93. The van der Waals surface area contributed by atoms with Gasteiger partial charge in [-0.05, 0) is 37.9 Å². The Labute approximate surface area is 132 Å². The number of hydrogen-bond acceptors (Lipinski definition) is 2. The van der Waals surface area contributed by atoms with Gasteiger partial charge in [0, 0.05) is 28.2 Å². The Bertz CT molecular complexity index is 495. The lowest BCUT2D eigenvalue weighted by Gasteiger charge is -2.33. The van der Waals surface area contributed by atoms with Crippen molar-refractivity contribution >= 4 is 31.9 Å². The Balaban J connectivity index is 2.24. The molecule has 1 unspecified atom stereocenters. The number of hydrogen-bond donors (Lipinski definition) is 0. The van der Waals surface area contributed by atoms with E-state index in [1.54, 1.807) is 0 Å². The normalized spacial score (nSPS) is 16.7. The molecule has 102 valence electrons. The Morgan fingerprint density at radius 1 is 1.32 bits per heavy atom. The predicted molar refractivity (Wildman–Crippen MR) is 88.3 cm³/mol. The molecule has 0 bridgehead atoms. The van der Waals surface area contributed by atoms with Gasteiger partial charge < -0.3 is 9.80 Å². The van der Waals surface area contributed by atoms with Gasteiger partial charge in [0.25, 0.3) is 0 Å². The zero-order valence-electron chi connectivity index (χ0n) is 11.2. The molecule has 2 nitrogen and oxygen atoms in total. The molecule has 0 aromatic heterocycles. The number of allylic oxidation sites excluding steroid dienone is 2. The second-order valence-corrected chi connectivity index (χ2v) is 6.77. The van der Waals surface area contributed by atoms with E-state index >= 15 is 0 Å². The molecule has 2 rings (SSSR count). The van der Waals surface area contributed by atoms with Gasteiger partial charge in [-0.15, -0.1) is 0 Å². The molecule has 0 fully saturated rings. The van der Waals surface area contributed by atoms with Crippen LogP contribution in [0.1, 0.15) is 11.6 Å². The Hall–Kier alpha value is -0.580. The highest BCUT2D eigenvalue weighted by atomic mass is 79.9. The molecule has 1 atom stereocenters. The molecule has 0 saturated carbocycles. The quantitative estimate of drug-likeness (QED) is 0.767. The average Bonchev–Trinajstić information content (AvgIpc) is 2.37. The first kappa shape index (κ1) is 14.8. The van der Waals surface area contributed by atoms with Crippen LogP contribution >= 0.6 is 31.9 Å². The summed E-state index contributed by atoms with van der Waals surface area (Å²) < 4.78 is 2.29. The number of halogens is 2. The second kappa shape index (κ2) is 6.73. The summed E-state index contributed by atoms with van der Waals surface area (Å²) in [5.41, 5.74) is 1.33. The van der Waals surface area contributed by atoms with Crippen molar-refractivity contribution < 1.29 is 0 Å². The molecule has 4 heteroatoms. The number of benzene rings is 1. The van der Waals surface area contributed by atoms with E-state index in [1.807, 2.05) is 0 Å². The first-order valence-electron chi connectivity index (χ1n) is 6.26. The molecule has 0 N–H and O–H groups in total. The first-order valence-corrected chi connectivity index (χ1v) is 7.84. The largest absolute Gasteiger partial charge is 0.365 e. The van der Waals surface area contributed by atoms with Gasteiger partial charge in [0.15, 0.2) is 0 Å².